The minimum atomic E-state index is -0.0846. The van der Waals surface area contributed by atoms with E-state index in [2.05, 4.69) is 15.5 Å². The number of amidine groups is 1. The highest BCUT2D eigenvalue weighted by Gasteiger charge is 2.16. The van der Waals surface area contributed by atoms with Crippen molar-refractivity contribution in [1.82, 2.24) is 5.32 Å². The number of ether oxygens (including phenoxy) is 2. The molecule has 1 heterocycles. The first-order chi connectivity index (χ1) is 13.1. The lowest BCUT2D eigenvalue weighted by atomic mass is 10.2. The molecule has 0 bridgehead atoms. The van der Waals surface area contributed by atoms with Crippen LogP contribution in [0.2, 0.25) is 10.0 Å². The van der Waals surface area contributed by atoms with Crippen molar-refractivity contribution in [2.45, 2.75) is 6.61 Å². The Balaban J connectivity index is 1.75. The van der Waals surface area contributed by atoms with Crippen molar-refractivity contribution in [3.05, 3.63) is 57.6 Å². The zero-order chi connectivity index (χ0) is 19.2. The van der Waals surface area contributed by atoms with Gasteiger partial charge < -0.3 is 14.8 Å². The third-order valence-electron chi connectivity index (χ3n) is 3.52. The average molecular weight is 424 g/mol. The van der Waals surface area contributed by atoms with Gasteiger partial charge in [-0.15, -0.1) is 5.10 Å². The fourth-order valence-corrected chi connectivity index (χ4v) is 3.34. The summed E-state index contributed by atoms with van der Waals surface area (Å²) < 4.78 is 11.2. The summed E-state index contributed by atoms with van der Waals surface area (Å²) in [6.07, 6.45) is 1.52. The van der Waals surface area contributed by atoms with Gasteiger partial charge in [-0.05, 0) is 18.2 Å². The Labute approximate surface area is 170 Å². The highest BCUT2D eigenvalue weighted by atomic mass is 35.5. The van der Waals surface area contributed by atoms with E-state index in [0.29, 0.717) is 38.0 Å². The highest BCUT2D eigenvalue weighted by molar-refractivity contribution is 8.15. The number of nitrogens with zero attached hydrogens (tertiary/aromatic N) is 2. The normalized spacial score (nSPS) is 15.4. The van der Waals surface area contributed by atoms with Gasteiger partial charge in [-0.25, -0.2) is 0 Å². The van der Waals surface area contributed by atoms with Crippen LogP contribution in [0.5, 0.6) is 11.5 Å². The third kappa shape index (κ3) is 5.15. The molecule has 0 unspecified atom stereocenters. The summed E-state index contributed by atoms with van der Waals surface area (Å²) in [5.74, 6) is 1.15. The lowest BCUT2D eigenvalue weighted by Gasteiger charge is -2.13. The summed E-state index contributed by atoms with van der Waals surface area (Å²) in [6, 6.07) is 10.8. The van der Waals surface area contributed by atoms with Gasteiger partial charge in [-0.2, -0.15) is 5.10 Å². The molecule has 0 radical (unpaired) electrons. The molecule has 0 spiro atoms. The van der Waals surface area contributed by atoms with Gasteiger partial charge in [0.25, 0.3) is 0 Å². The van der Waals surface area contributed by atoms with Crippen LogP contribution in [0.1, 0.15) is 11.1 Å². The minimum Gasteiger partial charge on any atom is -0.493 e. The fourth-order valence-electron chi connectivity index (χ4n) is 2.25. The quantitative estimate of drug-likeness (QED) is 0.559. The molecule has 140 valence electrons. The van der Waals surface area contributed by atoms with Crippen molar-refractivity contribution in [2.75, 3.05) is 12.9 Å². The molecular weight excluding hydrogens is 409 g/mol. The first-order valence-corrected chi connectivity index (χ1v) is 9.58. The molecule has 9 heteroatoms. The average Bonchev–Trinajstić information content (AvgIpc) is 3.07. The minimum absolute atomic E-state index is 0.0846. The Bertz CT molecular complexity index is 919. The molecule has 1 aliphatic rings. The summed E-state index contributed by atoms with van der Waals surface area (Å²) >= 11 is 13.8. The van der Waals surface area contributed by atoms with Crippen molar-refractivity contribution in [1.29, 1.82) is 0 Å². The van der Waals surface area contributed by atoms with E-state index in [1.54, 1.807) is 18.2 Å². The monoisotopic (exact) mass is 423 g/mol. The van der Waals surface area contributed by atoms with E-state index in [1.165, 1.54) is 25.1 Å². The second kappa shape index (κ2) is 9.12. The van der Waals surface area contributed by atoms with E-state index in [0.717, 1.165) is 5.56 Å². The molecule has 0 aromatic heterocycles. The first-order valence-electron chi connectivity index (χ1n) is 7.84. The van der Waals surface area contributed by atoms with Crippen LogP contribution in [-0.4, -0.2) is 30.2 Å². The van der Waals surface area contributed by atoms with Crippen LogP contribution in [0, 0.1) is 0 Å². The molecule has 1 amide bonds. The number of thioether (sulfide) groups is 1. The van der Waals surface area contributed by atoms with Gasteiger partial charge >= 0.3 is 0 Å². The van der Waals surface area contributed by atoms with E-state index >= 15 is 0 Å². The molecule has 0 aliphatic carbocycles. The predicted octanol–water partition coefficient (Wildman–Crippen LogP) is 4.13. The molecule has 1 N–H and O–H groups in total. The molecule has 1 aliphatic heterocycles. The van der Waals surface area contributed by atoms with E-state index < -0.39 is 0 Å². The van der Waals surface area contributed by atoms with Gasteiger partial charge in [0.1, 0.15) is 6.61 Å². The van der Waals surface area contributed by atoms with Crippen LogP contribution in [0.3, 0.4) is 0 Å². The van der Waals surface area contributed by atoms with Crippen LogP contribution >= 0.6 is 35.0 Å². The molecule has 6 nitrogen and oxygen atoms in total. The summed E-state index contributed by atoms with van der Waals surface area (Å²) in [7, 11) is 1.53. The van der Waals surface area contributed by atoms with Gasteiger partial charge in [0.05, 0.1) is 24.1 Å². The van der Waals surface area contributed by atoms with Crippen LogP contribution in [0.25, 0.3) is 0 Å². The molecular formula is C18H15Cl2N3O3S. The molecule has 1 fully saturated rings. The van der Waals surface area contributed by atoms with E-state index in [-0.39, 0.29) is 12.5 Å². The van der Waals surface area contributed by atoms with Crippen molar-refractivity contribution >= 4 is 52.3 Å². The highest BCUT2D eigenvalue weighted by Crippen LogP contribution is 2.37. The number of benzene rings is 2. The maximum atomic E-state index is 11.1. The van der Waals surface area contributed by atoms with E-state index in [4.69, 9.17) is 32.7 Å². The molecule has 3 rings (SSSR count). The number of carbonyl (C=O) groups is 1. The van der Waals surface area contributed by atoms with Gasteiger partial charge in [0, 0.05) is 16.1 Å². The standard InChI is InChI=1S/C18H15Cl2N3O3S/c1-25-15-7-11(8-21-23-18-22-16(24)10-27-18)6-14(20)17(15)26-9-12-4-2-3-5-13(12)19/h2-8H,9-10H2,1H3,(H,22,23,24). The number of halogens is 2. The van der Waals surface area contributed by atoms with Crippen LogP contribution in [0.4, 0.5) is 0 Å². The molecule has 0 saturated carbocycles. The largest absolute Gasteiger partial charge is 0.493 e. The van der Waals surface area contributed by atoms with E-state index in [1.807, 2.05) is 18.2 Å². The van der Waals surface area contributed by atoms with Crippen LogP contribution in [0.15, 0.2) is 46.6 Å². The van der Waals surface area contributed by atoms with Crippen molar-refractivity contribution in [2.24, 2.45) is 10.2 Å². The molecule has 0 atom stereocenters. The van der Waals surface area contributed by atoms with Gasteiger partial charge in [-0.1, -0.05) is 53.2 Å². The smallest absolute Gasteiger partial charge is 0.236 e. The Hall–Kier alpha value is -2.22. The van der Waals surface area contributed by atoms with Crippen LogP contribution < -0.4 is 14.8 Å². The maximum absolute atomic E-state index is 11.1. The maximum Gasteiger partial charge on any atom is 0.236 e. The lowest BCUT2D eigenvalue weighted by Crippen LogP contribution is -2.19. The number of hydrogen-bond acceptors (Lipinski definition) is 6. The zero-order valence-corrected chi connectivity index (χ0v) is 16.6. The fraction of sp³-hybridized carbons (Fsp3) is 0.167. The number of amides is 1. The predicted molar refractivity (Wildman–Crippen MR) is 109 cm³/mol. The Morgan fingerprint density at radius 2 is 2.07 bits per heavy atom. The van der Waals surface area contributed by atoms with Gasteiger partial charge in [0.2, 0.25) is 5.91 Å². The second-order valence-corrected chi connectivity index (χ2v) is 7.18. The Morgan fingerprint density at radius 1 is 1.26 bits per heavy atom. The Morgan fingerprint density at radius 3 is 2.78 bits per heavy atom. The molecule has 1 saturated heterocycles. The van der Waals surface area contributed by atoms with Gasteiger partial charge in [-0.3, -0.25) is 4.79 Å². The third-order valence-corrected chi connectivity index (χ3v) is 5.04. The Kier molecular flexibility index (Phi) is 6.60. The summed E-state index contributed by atoms with van der Waals surface area (Å²) in [4.78, 5) is 11.1. The zero-order valence-electron chi connectivity index (χ0n) is 14.2. The summed E-state index contributed by atoms with van der Waals surface area (Å²) in [6.45, 7) is 0.258. The molecule has 27 heavy (non-hydrogen) atoms. The SMILES string of the molecule is COc1cc(C=NN=C2NC(=O)CS2)cc(Cl)c1OCc1ccccc1Cl. The number of methoxy groups -OCH3 is 1. The number of rotatable bonds is 6. The van der Waals surface area contributed by atoms with Crippen molar-refractivity contribution < 1.29 is 14.3 Å². The number of hydrogen-bond donors (Lipinski definition) is 1. The number of nitrogens with one attached hydrogen (secondary N) is 1. The first kappa shape index (κ1) is 19.5. The lowest BCUT2D eigenvalue weighted by molar-refractivity contribution is -0.116. The summed E-state index contributed by atoms with van der Waals surface area (Å²) in [5, 5.41) is 12.0. The second-order valence-electron chi connectivity index (χ2n) is 5.40. The summed E-state index contributed by atoms with van der Waals surface area (Å²) in [5.41, 5.74) is 1.52. The van der Waals surface area contributed by atoms with Crippen molar-refractivity contribution in [3.63, 3.8) is 0 Å². The van der Waals surface area contributed by atoms with E-state index in [9.17, 15) is 4.79 Å². The van der Waals surface area contributed by atoms with Crippen LogP contribution in [-0.2, 0) is 11.4 Å². The molecule has 2 aromatic rings. The van der Waals surface area contributed by atoms with Gasteiger partial charge in [0.15, 0.2) is 16.7 Å². The topological polar surface area (TPSA) is 72.3 Å². The molecule has 2 aromatic carbocycles. The van der Waals surface area contributed by atoms with Crippen molar-refractivity contribution in [3.8, 4) is 11.5 Å². The number of carbonyl (C=O) groups excluding carboxylic acids is 1.